The maximum absolute atomic E-state index is 12.1. The summed E-state index contributed by atoms with van der Waals surface area (Å²) in [5.74, 6) is -0.492. The van der Waals surface area contributed by atoms with Crippen LogP contribution in [-0.4, -0.2) is 22.7 Å². The molecule has 0 aromatic heterocycles. The van der Waals surface area contributed by atoms with Crippen molar-refractivity contribution in [2.24, 2.45) is 5.92 Å². The highest BCUT2D eigenvalue weighted by atomic mass is 79.9. The van der Waals surface area contributed by atoms with Gasteiger partial charge < -0.3 is 9.47 Å². The minimum atomic E-state index is -1.27. The zero-order valence-corrected chi connectivity index (χ0v) is 13.0. The lowest BCUT2D eigenvalue weighted by molar-refractivity contribution is -0.00326. The van der Waals surface area contributed by atoms with Crippen molar-refractivity contribution >= 4 is 21.9 Å². The summed E-state index contributed by atoms with van der Waals surface area (Å²) >= 11 is 3.27. The molecule has 0 unspecified atom stereocenters. The molecule has 1 heterocycles. The Balaban J connectivity index is 2.19. The molecule has 0 amide bonds. The number of rotatable bonds is 3. The van der Waals surface area contributed by atoms with Crippen LogP contribution in [0.1, 0.15) is 30.6 Å². The van der Waals surface area contributed by atoms with E-state index in [0.717, 1.165) is 6.42 Å². The highest BCUT2D eigenvalue weighted by Gasteiger charge is 2.54. The first-order chi connectivity index (χ1) is 9.51. The predicted octanol–water partition coefficient (Wildman–Crippen LogP) is 3.27. The van der Waals surface area contributed by atoms with E-state index in [1.807, 2.05) is 19.9 Å². The van der Waals surface area contributed by atoms with E-state index >= 15 is 0 Å². The maximum Gasteiger partial charge on any atom is 0.338 e. The highest BCUT2D eigenvalue weighted by Crippen LogP contribution is 2.42. The van der Waals surface area contributed by atoms with Gasteiger partial charge in [0.1, 0.15) is 6.07 Å². The molecule has 0 aliphatic carbocycles. The largest absolute Gasteiger partial charge is 0.453 e. The van der Waals surface area contributed by atoms with E-state index in [0.29, 0.717) is 5.56 Å². The van der Waals surface area contributed by atoms with Crippen LogP contribution in [-0.2, 0) is 9.47 Å². The van der Waals surface area contributed by atoms with Crippen molar-refractivity contribution in [3.05, 3.63) is 35.9 Å². The summed E-state index contributed by atoms with van der Waals surface area (Å²) < 4.78 is 9.94. The molecule has 0 bridgehead atoms. The minimum absolute atomic E-state index is 0.0494. The number of esters is 1. The smallest absolute Gasteiger partial charge is 0.338 e. The molecule has 4 atom stereocenters. The van der Waals surface area contributed by atoms with Crippen molar-refractivity contribution in [3.63, 3.8) is 0 Å². The third kappa shape index (κ3) is 2.72. The Morgan fingerprint density at radius 2 is 2.15 bits per heavy atom. The van der Waals surface area contributed by atoms with E-state index in [9.17, 15) is 10.1 Å². The van der Waals surface area contributed by atoms with Gasteiger partial charge in [0.2, 0.25) is 4.51 Å². The zero-order chi connectivity index (χ0) is 14.8. The number of hydrogen-bond acceptors (Lipinski definition) is 4. The van der Waals surface area contributed by atoms with E-state index in [4.69, 9.17) is 9.47 Å². The molecule has 20 heavy (non-hydrogen) atoms. The van der Waals surface area contributed by atoms with Crippen molar-refractivity contribution in [3.8, 4) is 6.07 Å². The van der Waals surface area contributed by atoms with Crippen LogP contribution >= 0.6 is 15.9 Å². The van der Waals surface area contributed by atoms with Crippen LogP contribution in [0.4, 0.5) is 0 Å². The average molecular weight is 338 g/mol. The zero-order valence-electron chi connectivity index (χ0n) is 11.4. The first-order valence-electron chi connectivity index (χ1n) is 6.56. The predicted molar refractivity (Wildman–Crippen MR) is 77.2 cm³/mol. The van der Waals surface area contributed by atoms with Gasteiger partial charge in [-0.05, 0) is 34.5 Å². The summed E-state index contributed by atoms with van der Waals surface area (Å²) in [6, 6.07) is 10.8. The molecule has 0 radical (unpaired) electrons. The van der Waals surface area contributed by atoms with Crippen LogP contribution in [0.15, 0.2) is 30.3 Å². The molecule has 1 aliphatic heterocycles. The van der Waals surface area contributed by atoms with E-state index in [-0.39, 0.29) is 12.0 Å². The van der Waals surface area contributed by atoms with Crippen LogP contribution in [0, 0.1) is 17.2 Å². The molecular formula is C15H16BrNO3. The summed E-state index contributed by atoms with van der Waals surface area (Å²) in [4.78, 5) is 12.1. The summed E-state index contributed by atoms with van der Waals surface area (Å²) in [6.07, 6.45) is 0.0167. The van der Waals surface area contributed by atoms with Crippen molar-refractivity contribution in [1.82, 2.24) is 0 Å². The molecule has 106 valence electrons. The monoisotopic (exact) mass is 337 g/mol. The second-order valence-corrected chi connectivity index (χ2v) is 6.05. The Morgan fingerprint density at radius 3 is 2.70 bits per heavy atom. The Kier molecular flexibility index (Phi) is 4.46. The molecule has 4 nitrogen and oxygen atoms in total. The second-order valence-electron chi connectivity index (χ2n) is 4.87. The summed E-state index contributed by atoms with van der Waals surface area (Å²) in [5, 5.41) is 9.30. The molecule has 2 rings (SSSR count). The van der Waals surface area contributed by atoms with Crippen LogP contribution in [0.5, 0.6) is 0 Å². The third-order valence-corrected chi connectivity index (χ3v) is 4.37. The molecule has 0 spiro atoms. The van der Waals surface area contributed by atoms with Gasteiger partial charge in [0.25, 0.3) is 0 Å². The quantitative estimate of drug-likeness (QED) is 0.627. The van der Waals surface area contributed by atoms with E-state index in [1.165, 1.54) is 0 Å². The van der Waals surface area contributed by atoms with Crippen LogP contribution < -0.4 is 0 Å². The molecule has 1 aromatic carbocycles. The number of carbonyl (C=O) groups is 1. The molecular weight excluding hydrogens is 322 g/mol. The molecule has 1 saturated heterocycles. The SMILES string of the molecule is CC[C@H]1O[C@](Br)(C#N)[C@H](OC(=O)c2ccccc2)[C@@H]1C. The number of nitrogens with zero attached hydrogens (tertiary/aromatic N) is 1. The van der Waals surface area contributed by atoms with Crippen molar-refractivity contribution in [2.75, 3.05) is 0 Å². The van der Waals surface area contributed by atoms with Gasteiger partial charge in [-0.3, -0.25) is 0 Å². The van der Waals surface area contributed by atoms with Gasteiger partial charge in [-0.1, -0.05) is 32.0 Å². The van der Waals surface area contributed by atoms with Crippen LogP contribution in [0.25, 0.3) is 0 Å². The lowest BCUT2D eigenvalue weighted by atomic mass is 9.97. The van der Waals surface area contributed by atoms with E-state index in [2.05, 4.69) is 22.0 Å². The number of halogens is 1. The number of alkyl halides is 1. The van der Waals surface area contributed by atoms with Gasteiger partial charge >= 0.3 is 5.97 Å². The van der Waals surface area contributed by atoms with Gasteiger partial charge in [-0.2, -0.15) is 5.26 Å². The first-order valence-corrected chi connectivity index (χ1v) is 7.35. The van der Waals surface area contributed by atoms with Crippen molar-refractivity contribution in [2.45, 2.75) is 37.0 Å². The Bertz CT molecular complexity index is 528. The number of benzene rings is 1. The van der Waals surface area contributed by atoms with E-state index < -0.39 is 16.6 Å². The summed E-state index contributed by atoms with van der Waals surface area (Å²) in [5.41, 5.74) is 0.465. The molecule has 1 aliphatic rings. The fourth-order valence-electron chi connectivity index (χ4n) is 2.41. The lowest BCUT2D eigenvalue weighted by Gasteiger charge is -2.23. The molecule has 0 N–H and O–H groups in total. The second kappa shape index (κ2) is 5.94. The van der Waals surface area contributed by atoms with Gasteiger partial charge in [0.05, 0.1) is 11.7 Å². The number of hydrogen-bond donors (Lipinski definition) is 0. The topological polar surface area (TPSA) is 59.3 Å². The Hall–Kier alpha value is -1.38. The maximum atomic E-state index is 12.1. The van der Waals surface area contributed by atoms with E-state index in [1.54, 1.807) is 24.3 Å². The summed E-state index contributed by atoms with van der Waals surface area (Å²) in [7, 11) is 0. The normalized spacial score (nSPS) is 32.6. The highest BCUT2D eigenvalue weighted by molar-refractivity contribution is 9.10. The van der Waals surface area contributed by atoms with Crippen molar-refractivity contribution in [1.29, 1.82) is 5.26 Å². The minimum Gasteiger partial charge on any atom is -0.453 e. The molecule has 5 heteroatoms. The molecule has 1 aromatic rings. The van der Waals surface area contributed by atoms with Crippen LogP contribution in [0.2, 0.25) is 0 Å². The first kappa shape index (κ1) is 15.0. The fourth-order valence-corrected chi connectivity index (χ4v) is 3.16. The van der Waals surface area contributed by atoms with Gasteiger partial charge in [-0.25, -0.2) is 4.79 Å². The Morgan fingerprint density at radius 1 is 1.50 bits per heavy atom. The Labute approximate surface area is 126 Å². The standard InChI is InChI=1S/C15H16BrNO3/c1-3-12-10(2)13(15(16,9-17)20-12)19-14(18)11-7-5-4-6-8-11/h4-8,10,12-13H,3H2,1-2H3/t10-,12-,13-,15-/m1/s1. The van der Waals surface area contributed by atoms with Gasteiger partial charge in [-0.15, -0.1) is 0 Å². The van der Waals surface area contributed by atoms with Crippen molar-refractivity contribution < 1.29 is 14.3 Å². The van der Waals surface area contributed by atoms with Gasteiger partial charge in [0.15, 0.2) is 6.10 Å². The number of ether oxygens (including phenoxy) is 2. The number of nitriles is 1. The fraction of sp³-hybridized carbons (Fsp3) is 0.467. The third-order valence-electron chi connectivity index (χ3n) is 3.55. The van der Waals surface area contributed by atoms with Gasteiger partial charge in [0, 0.05) is 5.92 Å². The summed E-state index contributed by atoms with van der Waals surface area (Å²) in [6.45, 7) is 3.91. The molecule has 1 fully saturated rings. The lowest BCUT2D eigenvalue weighted by Crippen LogP contribution is -2.37. The van der Waals surface area contributed by atoms with Crippen LogP contribution in [0.3, 0.4) is 0 Å². The molecule has 0 saturated carbocycles. The average Bonchev–Trinajstić information content (AvgIpc) is 2.73. The number of carbonyl (C=O) groups excluding carboxylic acids is 1.